The summed E-state index contributed by atoms with van der Waals surface area (Å²) >= 11 is 0. The Hall–Kier alpha value is -2.63. The van der Waals surface area contributed by atoms with Gasteiger partial charge in [-0.1, -0.05) is 204 Å². The summed E-state index contributed by atoms with van der Waals surface area (Å²) in [5, 5.41) is 0. The predicted octanol–water partition coefficient (Wildman–Crippen LogP) is 14.0. The average Bonchev–Trinajstić information content (AvgIpc) is 3.15. The summed E-state index contributed by atoms with van der Waals surface area (Å²) in [7, 11) is 0. The molecular formula is C47H82O6. The molecule has 0 aliphatic heterocycles. The third kappa shape index (κ3) is 40.4. The van der Waals surface area contributed by atoms with Gasteiger partial charge in [-0.3, -0.25) is 14.4 Å². The second kappa shape index (κ2) is 42.1. The second-order valence-corrected chi connectivity index (χ2v) is 14.7. The Morgan fingerprint density at radius 2 is 0.736 bits per heavy atom. The summed E-state index contributed by atoms with van der Waals surface area (Å²) in [4.78, 5) is 37.6. The van der Waals surface area contributed by atoms with Gasteiger partial charge in [-0.25, -0.2) is 0 Å². The number of hydrogen-bond acceptors (Lipinski definition) is 6. The van der Waals surface area contributed by atoms with Gasteiger partial charge in [0.25, 0.3) is 0 Å². The Morgan fingerprint density at radius 1 is 0.396 bits per heavy atom. The average molecular weight is 743 g/mol. The summed E-state index contributed by atoms with van der Waals surface area (Å²) in [6, 6.07) is 0. The van der Waals surface area contributed by atoms with E-state index in [2.05, 4.69) is 51.2 Å². The van der Waals surface area contributed by atoms with E-state index in [1.54, 1.807) is 0 Å². The van der Waals surface area contributed by atoms with Gasteiger partial charge in [0.2, 0.25) is 0 Å². The van der Waals surface area contributed by atoms with Crippen molar-refractivity contribution in [3.8, 4) is 0 Å². The van der Waals surface area contributed by atoms with E-state index < -0.39 is 6.10 Å². The van der Waals surface area contributed by atoms with Crippen LogP contribution in [0, 0.1) is 0 Å². The van der Waals surface area contributed by atoms with Crippen LogP contribution in [0.2, 0.25) is 0 Å². The topological polar surface area (TPSA) is 78.9 Å². The van der Waals surface area contributed by atoms with Gasteiger partial charge in [0.15, 0.2) is 6.10 Å². The fourth-order valence-electron chi connectivity index (χ4n) is 6.10. The van der Waals surface area contributed by atoms with Gasteiger partial charge in [0.1, 0.15) is 13.2 Å². The Bertz CT molecular complexity index is 949. The normalized spacial score (nSPS) is 12.4. The Balaban J connectivity index is 4.39. The maximum Gasteiger partial charge on any atom is 0.306 e. The molecule has 0 N–H and O–H groups in total. The van der Waals surface area contributed by atoms with E-state index in [1.165, 1.54) is 89.9 Å². The van der Waals surface area contributed by atoms with Crippen molar-refractivity contribution in [2.75, 3.05) is 13.2 Å². The lowest BCUT2D eigenvalue weighted by atomic mass is 10.1. The molecule has 0 aromatic rings. The molecule has 0 amide bonds. The van der Waals surface area contributed by atoms with Crippen LogP contribution in [-0.2, 0) is 28.6 Å². The lowest BCUT2D eigenvalue weighted by Gasteiger charge is -2.18. The molecule has 0 aliphatic carbocycles. The van der Waals surface area contributed by atoms with E-state index in [1.807, 2.05) is 18.2 Å². The number of carbonyl (C=O) groups is 3. The van der Waals surface area contributed by atoms with E-state index in [4.69, 9.17) is 14.2 Å². The third-order valence-corrected chi connectivity index (χ3v) is 9.44. The zero-order chi connectivity index (χ0) is 38.7. The van der Waals surface area contributed by atoms with Crippen LogP contribution in [-0.4, -0.2) is 37.2 Å². The van der Waals surface area contributed by atoms with Gasteiger partial charge in [-0.2, -0.15) is 0 Å². The molecule has 0 saturated heterocycles. The standard InChI is InChI=1S/C47H82O6/c1-4-7-10-13-16-19-22-23-24-25-26-29-31-34-37-40-46(49)52-43-44(53-47(50)41-38-35-32-28-21-18-15-12-9-6-3)42-51-45(48)39-36-33-30-27-20-17-14-11-8-5-2/h7,10,13,16,19,22-24,44H,4-6,8-9,11-12,14-15,17-18,20-21,25-43H2,1-3H3/b10-7-,16-13-,22-19-,24-23-. The summed E-state index contributed by atoms with van der Waals surface area (Å²) in [6.45, 7) is 6.44. The minimum atomic E-state index is -0.775. The van der Waals surface area contributed by atoms with Gasteiger partial charge in [0, 0.05) is 19.3 Å². The molecule has 1 unspecified atom stereocenters. The first kappa shape index (κ1) is 50.4. The van der Waals surface area contributed by atoms with E-state index >= 15 is 0 Å². The van der Waals surface area contributed by atoms with Crippen LogP contribution in [0.15, 0.2) is 48.6 Å². The van der Waals surface area contributed by atoms with E-state index in [9.17, 15) is 14.4 Å². The maximum absolute atomic E-state index is 12.7. The fourth-order valence-corrected chi connectivity index (χ4v) is 6.10. The molecule has 6 heteroatoms. The number of carbonyl (C=O) groups excluding carboxylic acids is 3. The molecule has 0 bridgehead atoms. The first-order valence-corrected chi connectivity index (χ1v) is 22.2. The molecule has 0 fully saturated rings. The molecule has 0 heterocycles. The van der Waals surface area contributed by atoms with Crippen LogP contribution in [0.3, 0.4) is 0 Å². The van der Waals surface area contributed by atoms with Crippen molar-refractivity contribution in [2.45, 2.75) is 219 Å². The molecule has 0 spiro atoms. The first-order valence-electron chi connectivity index (χ1n) is 22.2. The van der Waals surface area contributed by atoms with Crippen molar-refractivity contribution < 1.29 is 28.6 Å². The SMILES string of the molecule is CC\C=C/C=C\C=C/C=C\CCCCCCCC(=O)OCC(COC(=O)CCCCCCCCCCCC)OC(=O)CCCCCCCCCCCC. The van der Waals surface area contributed by atoms with Gasteiger partial charge < -0.3 is 14.2 Å². The molecule has 53 heavy (non-hydrogen) atoms. The molecule has 0 rings (SSSR count). The van der Waals surface area contributed by atoms with Crippen LogP contribution in [0.25, 0.3) is 0 Å². The highest BCUT2D eigenvalue weighted by atomic mass is 16.6. The summed E-state index contributed by atoms with van der Waals surface area (Å²) in [5.41, 5.74) is 0. The maximum atomic E-state index is 12.7. The van der Waals surface area contributed by atoms with Crippen molar-refractivity contribution in [1.29, 1.82) is 0 Å². The van der Waals surface area contributed by atoms with Crippen LogP contribution in [0.1, 0.15) is 213 Å². The highest BCUT2D eigenvalue weighted by Gasteiger charge is 2.19. The van der Waals surface area contributed by atoms with Gasteiger partial charge in [-0.05, 0) is 38.5 Å². The number of esters is 3. The Morgan fingerprint density at radius 3 is 1.15 bits per heavy atom. The minimum Gasteiger partial charge on any atom is -0.462 e. The molecule has 306 valence electrons. The molecular weight excluding hydrogens is 661 g/mol. The number of allylic oxidation sites excluding steroid dienone is 8. The highest BCUT2D eigenvalue weighted by molar-refractivity contribution is 5.71. The van der Waals surface area contributed by atoms with E-state index in [-0.39, 0.29) is 31.1 Å². The summed E-state index contributed by atoms with van der Waals surface area (Å²) in [5.74, 6) is -0.906. The molecule has 0 radical (unpaired) electrons. The smallest absolute Gasteiger partial charge is 0.306 e. The predicted molar refractivity (Wildman–Crippen MR) is 224 cm³/mol. The summed E-state index contributed by atoms with van der Waals surface area (Å²) < 4.78 is 16.7. The molecule has 1 atom stereocenters. The second-order valence-electron chi connectivity index (χ2n) is 14.7. The van der Waals surface area contributed by atoms with E-state index in [0.29, 0.717) is 19.3 Å². The number of ether oxygens (including phenoxy) is 3. The molecule has 0 aromatic heterocycles. The van der Waals surface area contributed by atoms with Crippen molar-refractivity contribution in [2.24, 2.45) is 0 Å². The van der Waals surface area contributed by atoms with Crippen LogP contribution in [0.4, 0.5) is 0 Å². The van der Waals surface area contributed by atoms with Gasteiger partial charge in [-0.15, -0.1) is 0 Å². The van der Waals surface area contributed by atoms with Crippen LogP contribution >= 0.6 is 0 Å². The monoisotopic (exact) mass is 743 g/mol. The molecule has 0 aromatic carbocycles. The largest absolute Gasteiger partial charge is 0.462 e. The van der Waals surface area contributed by atoms with Crippen LogP contribution in [0.5, 0.6) is 0 Å². The third-order valence-electron chi connectivity index (χ3n) is 9.44. The molecule has 6 nitrogen and oxygen atoms in total. The van der Waals surface area contributed by atoms with Gasteiger partial charge in [0.05, 0.1) is 0 Å². The Kier molecular flexibility index (Phi) is 40.0. The van der Waals surface area contributed by atoms with Crippen molar-refractivity contribution in [3.05, 3.63) is 48.6 Å². The summed E-state index contributed by atoms with van der Waals surface area (Å²) in [6.07, 6.45) is 48.0. The van der Waals surface area contributed by atoms with Gasteiger partial charge >= 0.3 is 17.9 Å². The quantitative estimate of drug-likeness (QED) is 0.0270. The minimum absolute atomic E-state index is 0.0785. The van der Waals surface area contributed by atoms with Crippen molar-refractivity contribution in [1.82, 2.24) is 0 Å². The fraction of sp³-hybridized carbons (Fsp3) is 0.766. The lowest BCUT2D eigenvalue weighted by molar-refractivity contribution is -0.167. The lowest BCUT2D eigenvalue weighted by Crippen LogP contribution is -2.30. The Labute approximate surface area is 327 Å². The van der Waals surface area contributed by atoms with E-state index in [0.717, 1.165) is 83.5 Å². The molecule has 0 aliphatic rings. The zero-order valence-electron chi connectivity index (χ0n) is 34.8. The first-order chi connectivity index (χ1) is 26.0. The van der Waals surface area contributed by atoms with Crippen molar-refractivity contribution in [3.63, 3.8) is 0 Å². The number of hydrogen-bond donors (Lipinski definition) is 0. The van der Waals surface area contributed by atoms with Crippen molar-refractivity contribution >= 4 is 17.9 Å². The number of rotatable bonds is 39. The molecule has 0 saturated carbocycles. The highest BCUT2D eigenvalue weighted by Crippen LogP contribution is 2.14. The number of unbranched alkanes of at least 4 members (excludes halogenated alkanes) is 23. The zero-order valence-corrected chi connectivity index (χ0v) is 34.8. The van der Waals surface area contributed by atoms with Crippen LogP contribution < -0.4 is 0 Å².